The van der Waals surface area contributed by atoms with Crippen LogP contribution in [0.15, 0.2) is 48.5 Å². The zero-order valence-corrected chi connectivity index (χ0v) is 19.2. The minimum atomic E-state index is -4.12. The first-order valence-corrected chi connectivity index (χ1v) is 12.2. The first kappa shape index (κ1) is 23.9. The second-order valence-electron chi connectivity index (χ2n) is 7.40. The third kappa shape index (κ3) is 5.36. The van der Waals surface area contributed by atoms with Crippen LogP contribution in [0, 0.1) is 0 Å². The van der Waals surface area contributed by atoms with E-state index in [1.54, 1.807) is 18.2 Å². The van der Waals surface area contributed by atoms with Crippen molar-refractivity contribution in [2.45, 2.75) is 39.5 Å². The minimum Gasteiger partial charge on any atom is -0.507 e. The zero-order valence-electron chi connectivity index (χ0n) is 18.3. The molecular weight excluding hydrogens is 431 g/mol. The van der Waals surface area contributed by atoms with E-state index >= 15 is 0 Å². The number of benzene rings is 3. The summed E-state index contributed by atoms with van der Waals surface area (Å²) in [5.74, 6) is -1.06. The molecule has 0 atom stereocenters. The summed E-state index contributed by atoms with van der Waals surface area (Å²) in [7, 11) is -4.12. The third-order valence-corrected chi connectivity index (χ3v) is 6.37. The Morgan fingerprint density at radius 2 is 1.31 bits per heavy atom. The minimum absolute atomic E-state index is 0.00212. The number of unbranched alkanes of at least 4 members (excludes halogenated alkanes) is 2. The quantitative estimate of drug-likeness (QED) is 0.165. The molecule has 0 saturated heterocycles. The molecule has 0 spiro atoms. The van der Waals surface area contributed by atoms with Crippen LogP contribution in [0.3, 0.4) is 0 Å². The maximum atomic E-state index is 13.4. The lowest BCUT2D eigenvalue weighted by atomic mass is 9.95. The molecule has 0 saturated carbocycles. The van der Waals surface area contributed by atoms with Crippen LogP contribution >= 0.6 is 7.82 Å². The van der Waals surface area contributed by atoms with Gasteiger partial charge in [0.15, 0.2) is 11.5 Å². The predicted octanol–water partition coefficient (Wildman–Crippen LogP) is 6.74. The van der Waals surface area contributed by atoms with Crippen molar-refractivity contribution in [3.05, 3.63) is 48.5 Å². The molecule has 0 amide bonds. The molecule has 0 bridgehead atoms. The summed E-state index contributed by atoms with van der Waals surface area (Å²) in [4.78, 5) is 0. The van der Waals surface area contributed by atoms with Gasteiger partial charge in [0.2, 0.25) is 0 Å². The molecule has 0 aliphatic rings. The van der Waals surface area contributed by atoms with Gasteiger partial charge in [0.05, 0.1) is 18.8 Å². The molecule has 0 aliphatic carbocycles. The summed E-state index contributed by atoms with van der Waals surface area (Å²) in [5.41, 5.74) is 0.234. The molecule has 0 aliphatic heterocycles. The zero-order chi connectivity index (χ0) is 23.1. The molecule has 0 fully saturated rings. The van der Waals surface area contributed by atoms with E-state index in [0.29, 0.717) is 18.2 Å². The second-order valence-corrected chi connectivity index (χ2v) is 8.99. The van der Waals surface area contributed by atoms with Gasteiger partial charge in [-0.15, -0.1) is 0 Å². The highest BCUT2D eigenvalue weighted by Gasteiger charge is 2.33. The van der Waals surface area contributed by atoms with E-state index in [-0.39, 0.29) is 47.3 Å². The van der Waals surface area contributed by atoms with Gasteiger partial charge < -0.3 is 19.8 Å². The fourth-order valence-corrected chi connectivity index (χ4v) is 4.56. The van der Waals surface area contributed by atoms with Crippen LogP contribution in [0.2, 0.25) is 0 Å². The van der Waals surface area contributed by atoms with Crippen LogP contribution in [0.1, 0.15) is 39.5 Å². The van der Waals surface area contributed by atoms with Gasteiger partial charge in [0.1, 0.15) is 11.5 Å². The van der Waals surface area contributed by atoms with E-state index in [2.05, 4.69) is 0 Å². The molecule has 0 heterocycles. The Kier molecular flexibility index (Phi) is 8.02. The highest BCUT2D eigenvalue weighted by molar-refractivity contribution is 7.49. The van der Waals surface area contributed by atoms with Crippen molar-refractivity contribution < 1.29 is 33.5 Å². The Balaban J connectivity index is 2.13. The van der Waals surface area contributed by atoms with Crippen molar-refractivity contribution in [3.63, 3.8) is 0 Å². The average Bonchev–Trinajstić information content (AvgIpc) is 2.78. The maximum absolute atomic E-state index is 13.4. The van der Waals surface area contributed by atoms with Gasteiger partial charge >= 0.3 is 7.82 Å². The maximum Gasteiger partial charge on any atom is 0.530 e. The van der Waals surface area contributed by atoms with Gasteiger partial charge in [-0.05, 0) is 41.8 Å². The van der Waals surface area contributed by atoms with Crippen molar-refractivity contribution in [2.24, 2.45) is 0 Å². The number of phenolic OH excluding ortho intramolecular Hbond substituents is 3. The van der Waals surface area contributed by atoms with Crippen molar-refractivity contribution in [1.82, 2.24) is 0 Å². The molecule has 7 nitrogen and oxygen atoms in total. The fraction of sp³-hybridized carbons (Fsp3) is 0.333. The van der Waals surface area contributed by atoms with Crippen LogP contribution in [0.4, 0.5) is 0 Å². The topological polar surface area (TPSA) is 105 Å². The number of rotatable bonds is 11. The number of hydrogen-bond acceptors (Lipinski definition) is 7. The predicted molar refractivity (Wildman–Crippen MR) is 124 cm³/mol. The second kappa shape index (κ2) is 10.7. The molecule has 3 aromatic rings. The summed E-state index contributed by atoms with van der Waals surface area (Å²) in [6.45, 7) is 4.23. The first-order valence-electron chi connectivity index (χ1n) is 10.7. The summed E-state index contributed by atoms with van der Waals surface area (Å²) in [6.07, 6.45) is 2.93. The Morgan fingerprint density at radius 1 is 0.750 bits per heavy atom. The van der Waals surface area contributed by atoms with Gasteiger partial charge in [0, 0.05) is 5.56 Å². The smallest absolute Gasteiger partial charge is 0.507 e. The van der Waals surface area contributed by atoms with E-state index in [0.717, 1.165) is 18.2 Å². The van der Waals surface area contributed by atoms with Gasteiger partial charge in [0.25, 0.3) is 0 Å². The van der Waals surface area contributed by atoms with Gasteiger partial charge in [-0.1, -0.05) is 57.0 Å². The number of phenols is 3. The van der Waals surface area contributed by atoms with Gasteiger partial charge in [-0.25, -0.2) is 4.57 Å². The normalized spacial score (nSPS) is 11.7. The summed E-state index contributed by atoms with van der Waals surface area (Å²) < 4.78 is 30.1. The number of fused-ring (bicyclic) bond motifs is 1. The average molecular weight is 460 g/mol. The first-order chi connectivity index (χ1) is 15.4. The molecule has 3 aromatic carbocycles. The van der Waals surface area contributed by atoms with Crippen LogP contribution in [-0.4, -0.2) is 28.5 Å². The highest BCUT2D eigenvalue weighted by atomic mass is 31.2. The summed E-state index contributed by atoms with van der Waals surface area (Å²) in [5, 5.41) is 33.4. The van der Waals surface area contributed by atoms with E-state index in [9.17, 15) is 19.9 Å². The van der Waals surface area contributed by atoms with Gasteiger partial charge in [-0.3, -0.25) is 9.05 Å². The SMILES string of the molecule is CCCCOP(=O)(OCCCC)Oc1c(O)ccc(O)c1-c1c(O)ccc2ccccc12. The monoisotopic (exact) mass is 460 g/mol. The lowest BCUT2D eigenvalue weighted by Crippen LogP contribution is -2.06. The largest absolute Gasteiger partial charge is 0.530 e. The van der Waals surface area contributed by atoms with Crippen LogP contribution in [-0.2, 0) is 13.6 Å². The van der Waals surface area contributed by atoms with E-state index in [1.807, 2.05) is 26.0 Å². The van der Waals surface area contributed by atoms with E-state index in [1.165, 1.54) is 18.2 Å². The summed E-state index contributed by atoms with van der Waals surface area (Å²) in [6, 6.07) is 13.0. The molecule has 0 aromatic heterocycles. The molecule has 3 rings (SSSR count). The Labute approximate surface area is 187 Å². The molecule has 0 unspecified atom stereocenters. The van der Waals surface area contributed by atoms with E-state index < -0.39 is 7.82 Å². The number of phosphoric acid groups is 1. The molecule has 3 N–H and O–H groups in total. The van der Waals surface area contributed by atoms with Crippen molar-refractivity contribution in [1.29, 1.82) is 0 Å². The Morgan fingerprint density at radius 3 is 1.97 bits per heavy atom. The number of phosphoric ester groups is 1. The lowest BCUT2D eigenvalue weighted by molar-refractivity contribution is 0.151. The van der Waals surface area contributed by atoms with Crippen molar-refractivity contribution in [3.8, 4) is 34.1 Å². The molecule has 172 valence electrons. The fourth-order valence-electron chi connectivity index (χ4n) is 3.26. The van der Waals surface area contributed by atoms with Crippen LogP contribution in [0.25, 0.3) is 21.9 Å². The number of hydrogen-bond donors (Lipinski definition) is 3. The Hall–Kier alpha value is -2.73. The van der Waals surface area contributed by atoms with Gasteiger partial charge in [-0.2, -0.15) is 0 Å². The highest BCUT2D eigenvalue weighted by Crippen LogP contribution is 2.57. The standard InChI is InChI=1S/C24H29O7P/c1-3-5-15-29-32(28,30-16-6-4-2)31-24-21(27)14-13-20(26)23(24)22-18-10-8-7-9-17(18)11-12-19(22)25/h7-14,25-27H,3-6,15-16H2,1-2H3. The molecular formula is C24H29O7P. The summed E-state index contributed by atoms with van der Waals surface area (Å²) >= 11 is 0. The van der Waals surface area contributed by atoms with E-state index in [4.69, 9.17) is 13.6 Å². The molecule has 0 radical (unpaired) electrons. The third-order valence-electron chi connectivity index (χ3n) is 4.97. The molecule has 32 heavy (non-hydrogen) atoms. The van der Waals surface area contributed by atoms with Crippen LogP contribution in [0.5, 0.6) is 23.0 Å². The molecule has 8 heteroatoms. The Bertz CT molecular complexity index is 1100. The van der Waals surface area contributed by atoms with Crippen molar-refractivity contribution in [2.75, 3.05) is 13.2 Å². The lowest BCUT2D eigenvalue weighted by Gasteiger charge is -2.22. The van der Waals surface area contributed by atoms with Crippen LogP contribution < -0.4 is 4.52 Å². The van der Waals surface area contributed by atoms with Crippen molar-refractivity contribution >= 4 is 18.6 Å². The number of aromatic hydroxyl groups is 3.